The third-order valence-corrected chi connectivity index (χ3v) is 5.68. The van der Waals surface area contributed by atoms with Crippen molar-refractivity contribution in [3.8, 4) is 5.75 Å². The second-order valence-electron chi connectivity index (χ2n) is 8.73. The summed E-state index contributed by atoms with van der Waals surface area (Å²) in [4.78, 5) is 17.2. The van der Waals surface area contributed by atoms with E-state index in [9.17, 15) is 9.90 Å². The van der Waals surface area contributed by atoms with Crippen molar-refractivity contribution in [2.75, 3.05) is 40.8 Å². The van der Waals surface area contributed by atoms with Gasteiger partial charge in [0.1, 0.15) is 5.75 Å². The van der Waals surface area contributed by atoms with Gasteiger partial charge in [0.2, 0.25) is 0 Å². The maximum absolute atomic E-state index is 13.2. The molecular weight excluding hydrogens is 340 g/mol. The SMILES string of the molecule is COC1(CN(C)C)CCN(C(=O)c2cc(C(C)C)cc(C(C)C)c2O)CC1. The summed E-state index contributed by atoms with van der Waals surface area (Å²) in [5, 5.41) is 10.8. The first-order valence-electron chi connectivity index (χ1n) is 9.96. The molecule has 1 fully saturated rings. The predicted octanol–water partition coefficient (Wildman–Crippen LogP) is 3.82. The van der Waals surface area contributed by atoms with E-state index in [0.717, 1.165) is 30.5 Å². The Morgan fingerprint density at radius 3 is 2.22 bits per heavy atom. The molecule has 0 unspecified atom stereocenters. The number of hydrogen-bond donors (Lipinski definition) is 1. The number of nitrogens with zero attached hydrogens (tertiary/aromatic N) is 2. The van der Waals surface area contributed by atoms with Crippen LogP contribution in [0.2, 0.25) is 0 Å². The first-order valence-corrected chi connectivity index (χ1v) is 9.96. The highest BCUT2D eigenvalue weighted by Crippen LogP contribution is 2.35. The van der Waals surface area contributed by atoms with Gasteiger partial charge in [0.05, 0.1) is 11.2 Å². The van der Waals surface area contributed by atoms with Crippen LogP contribution in [0.15, 0.2) is 12.1 Å². The Labute approximate surface area is 164 Å². The lowest BCUT2D eigenvalue weighted by Gasteiger charge is -2.42. The van der Waals surface area contributed by atoms with Gasteiger partial charge < -0.3 is 19.6 Å². The molecule has 5 nitrogen and oxygen atoms in total. The van der Waals surface area contributed by atoms with Gasteiger partial charge in [-0.2, -0.15) is 0 Å². The summed E-state index contributed by atoms with van der Waals surface area (Å²) in [6.07, 6.45) is 1.60. The molecule has 1 N–H and O–H groups in total. The molecule has 0 saturated carbocycles. The summed E-state index contributed by atoms with van der Waals surface area (Å²) in [7, 11) is 5.84. The highest BCUT2D eigenvalue weighted by Gasteiger charge is 2.37. The molecule has 0 aromatic heterocycles. The molecule has 27 heavy (non-hydrogen) atoms. The van der Waals surface area contributed by atoms with Crippen LogP contribution in [0.25, 0.3) is 0 Å². The van der Waals surface area contributed by atoms with Crippen LogP contribution in [0.5, 0.6) is 5.75 Å². The molecule has 0 radical (unpaired) electrons. The second-order valence-corrected chi connectivity index (χ2v) is 8.73. The number of benzene rings is 1. The molecule has 0 spiro atoms. The van der Waals surface area contributed by atoms with Crippen molar-refractivity contribution < 1.29 is 14.6 Å². The van der Waals surface area contributed by atoms with Crippen molar-refractivity contribution in [1.82, 2.24) is 9.80 Å². The minimum Gasteiger partial charge on any atom is -0.507 e. The first kappa shape index (κ1) is 21.7. The molecule has 1 saturated heterocycles. The van der Waals surface area contributed by atoms with Crippen molar-refractivity contribution in [2.45, 2.75) is 58.0 Å². The van der Waals surface area contributed by atoms with Crippen LogP contribution in [-0.2, 0) is 4.74 Å². The molecular formula is C22H36N2O3. The summed E-state index contributed by atoms with van der Waals surface area (Å²) in [5.41, 5.74) is 2.17. The molecule has 1 aromatic rings. The fraction of sp³-hybridized carbons (Fsp3) is 0.682. The van der Waals surface area contributed by atoms with E-state index in [1.807, 2.05) is 45.0 Å². The summed E-state index contributed by atoms with van der Waals surface area (Å²) in [6.45, 7) is 10.4. The van der Waals surface area contributed by atoms with Gasteiger partial charge in [0, 0.05) is 26.7 Å². The number of ether oxygens (including phenoxy) is 1. The van der Waals surface area contributed by atoms with Gasteiger partial charge in [-0.25, -0.2) is 0 Å². The number of hydrogen-bond acceptors (Lipinski definition) is 4. The Bertz CT molecular complexity index is 660. The first-order chi connectivity index (χ1) is 12.6. The second kappa shape index (κ2) is 8.61. The monoisotopic (exact) mass is 376 g/mol. The average molecular weight is 377 g/mol. The Morgan fingerprint density at radius 1 is 1.19 bits per heavy atom. The molecule has 1 heterocycles. The number of amides is 1. The third-order valence-electron chi connectivity index (χ3n) is 5.68. The predicted molar refractivity (Wildman–Crippen MR) is 110 cm³/mol. The topological polar surface area (TPSA) is 53.0 Å². The van der Waals surface area contributed by atoms with Crippen molar-refractivity contribution in [2.24, 2.45) is 0 Å². The lowest BCUT2D eigenvalue weighted by Crippen LogP contribution is -2.52. The maximum Gasteiger partial charge on any atom is 0.257 e. The summed E-state index contributed by atoms with van der Waals surface area (Å²) in [5.74, 6) is 0.526. The van der Waals surface area contributed by atoms with E-state index in [2.05, 4.69) is 18.7 Å². The number of carbonyl (C=O) groups is 1. The molecule has 0 bridgehead atoms. The van der Waals surface area contributed by atoms with Crippen molar-refractivity contribution in [3.05, 3.63) is 28.8 Å². The van der Waals surface area contributed by atoms with Gasteiger partial charge in [-0.1, -0.05) is 33.8 Å². The lowest BCUT2D eigenvalue weighted by molar-refractivity contribution is -0.0654. The molecule has 1 aliphatic rings. The molecule has 1 aromatic carbocycles. The third kappa shape index (κ3) is 4.82. The number of phenolic OH excluding ortho intramolecular Hbond substituents is 1. The number of methoxy groups -OCH3 is 1. The van der Waals surface area contributed by atoms with Crippen molar-refractivity contribution >= 4 is 5.91 Å². The van der Waals surface area contributed by atoms with Crippen LogP contribution < -0.4 is 0 Å². The Hall–Kier alpha value is -1.59. The fourth-order valence-corrected chi connectivity index (χ4v) is 3.91. The largest absolute Gasteiger partial charge is 0.507 e. The Balaban J connectivity index is 2.26. The van der Waals surface area contributed by atoms with Crippen molar-refractivity contribution in [1.29, 1.82) is 0 Å². The van der Waals surface area contributed by atoms with Crippen LogP contribution in [-0.4, -0.2) is 67.3 Å². The molecule has 152 valence electrons. The maximum atomic E-state index is 13.2. The Kier molecular flexibility index (Phi) is 6.92. The van der Waals surface area contributed by atoms with E-state index in [1.165, 1.54) is 0 Å². The standard InChI is InChI=1S/C22H36N2O3/c1-15(2)17-12-18(16(3)4)20(25)19(13-17)21(26)24-10-8-22(27-7,9-11-24)14-23(5)6/h12-13,15-16,25H,8-11,14H2,1-7H3. The van der Waals surface area contributed by atoms with Gasteiger partial charge in [0.15, 0.2) is 0 Å². The Morgan fingerprint density at radius 2 is 1.78 bits per heavy atom. The van der Waals surface area contributed by atoms with Gasteiger partial charge >= 0.3 is 0 Å². The minimum absolute atomic E-state index is 0.0774. The van der Waals surface area contributed by atoms with Gasteiger partial charge in [-0.3, -0.25) is 4.79 Å². The molecule has 2 rings (SSSR count). The molecule has 1 amide bonds. The fourth-order valence-electron chi connectivity index (χ4n) is 3.91. The van der Waals surface area contributed by atoms with Crippen LogP contribution in [0.3, 0.4) is 0 Å². The quantitative estimate of drug-likeness (QED) is 0.820. The van der Waals surface area contributed by atoms with E-state index < -0.39 is 0 Å². The van der Waals surface area contributed by atoms with Crippen LogP contribution in [0, 0.1) is 0 Å². The number of carbonyl (C=O) groups excluding carboxylic acids is 1. The minimum atomic E-state index is -0.203. The number of rotatable bonds is 6. The highest BCUT2D eigenvalue weighted by atomic mass is 16.5. The van der Waals surface area contributed by atoms with Gasteiger partial charge in [-0.05, 0) is 56.0 Å². The van der Waals surface area contributed by atoms with Crippen LogP contribution >= 0.6 is 0 Å². The van der Waals surface area contributed by atoms with Crippen molar-refractivity contribution in [3.63, 3.8) is 0 Å². The van der Waals surface area contributed by atoms with Crippen LogP contribution in [0.4, 0.5) is 0 Å². The zero-order chi connectivity index (χ0) is 20.4. The zero-order valence-electron chi connectivity index (χ0n) is 18.0. The smallest absolute Gasteiger partial charge is 0.257 e. The molecule has 0 atom stereocenters. The number of phenols is 1. The molecule has 5 heteroatoms. The van der Waals surface area contributed by atoms with E-state index in [1.54, 1.807) is 7.11 Å². The zero-order valence-corrected chi connectivity index (χ0v) is 18.0. The summed E-state index contributed by atoms with van der Waals surface area (Å²) in [6, 6.07) is 3.90. The van der Waals surface area contributed by atoms with Gasteiger partial charge in [-0.15, -0.1) is 0 Å². The molecule has 1 aliphatic heterocycles. The van der Waals surface area contributed by atoms with E-state index in [0.29, 0.717) is 24.6 Å². The average Bonchev–Trinajstić information content (AvgIpc) is 2.61. The highest BCUT2D eigenvalue weighted by molar-refractivity contribution is 5.97. The summed E-state index contributed by atoms with van der Waals surface area (Å²) >= 11 is 0. The number of likely N-dealkylation sites (N-methyl/N-ethyl adjacent to an activating group) is 1. The molecule has 0 aliphatic carbocycles. The van der Waals surface area contributed by atoms with E-state index in [-0.39, 0.29) is 23.2 Å². The number of likely N-dealkylation sites (tertiary alicyclic amines) is 1. The van der Waals surface area contributed by atoms with E-state index in [4.69, 9.17) is 4.74 Å². The number of aromatic hydroxyl groups is 1. The van der Waals surface area contributed by atoms with E-state index >= 15 is 0 Å². The normalized spacial score (nSPS) is 17.2. The van der Waals surface area contributed by atoms with Gasteiger partial charge in [0.25, 0.3) is 5.91 Å². The van der Waals surface area contributed by atoms with Crippen LogP contribution in [0.1, 0.15) is 73.9 Å². The number of piperidine rings is 1. The summed E-state index contributed by atoms with van der Waals surface area (Å²) < 4.78 is 5.82. The lowest BCUT2D eigenvalue weighted by atomic mass is 9.89.